The number of aromatic amines is 1. The number of benzene rings is 2. The number of hydrogen-bond donors (Lipinski definition) is 4. The first kappa shape index (κ1) is 24.6. The molecule has 10 nitrogen and oxygen atoms in total. The van der Waals surface area contributed by atoms with Gasteiger partial charge in [0.2, 0.25) is 0 Å². The minimum Gasteiger partial charge on any atom is -0.385 e. The number of rotatable bonds is 6. The zero-order valence-electron chi connectivity index (χ0n) is 20.2. The summed E-state index contributed by atoms with van der Waals surface area (Å²) in [7, 11) is 0. The van der Waals surface area contributed by atoms with Crippen molar-refractivity contribution in [3.05, 3.63) is 93.5 Å². The topological polar surface area (TPSA) is 161 Å². The van der Waals surface area contributed by atoms with Crippen molar-refractivity contribution in [2.45, 2.75) is 44.3 Å². The van der Waals surface area contributed by atoms with Crippen LogP contribution in [0.15, 0.2) is 65.6 Å². The number of anilines is 1. The highest BCUT2D eigenvalue weighted by Gasteiger charge is 2.57. The van der Waals surface area contributed by atoms with Gasteiger partial charge >= 0.3 is 5.69 Å². The summed E-state index contributed by atoms with van der Waals surface area (Å²) < 4.78 is 7.52. The molecule has 1 saturated heterocycles. The number of hydrogen-bond acceptors (Lipinski definition) is 8. The minimum absolute atomic E-state index is 0.101. The van der Waals surface area contributed by atoms with E-state index in [4.69, 9.17) is 10.5 Å². The molecule has 0 spiro atoms. The Morgan fingerprint density at radius 2 is 1.73 bits per heavy atom. The van der Waals surface area contributed by atoms with E-state index in [2.05, 4.69) is 9.97 Å². The molecule has 5 N–H and O–H groups in total. The molecule has 0 radical (unpaired) electrons. The summed E-state index contributed by atoms with van der Waals surface area (Å²) in [6.45, 7) is 3.45. The molecule has 1 unspecified atom stereocenters. The van der Waals surface area contributed by atoms with Crippen molar-refractivity contribution >= 4 is 28.4 Å². The van der Waals surface area contributed by atoms with Gasteiger partial charge in [-0.25, -0.2) is 4.79 Å². The van der Waals surface area contributed by atoms with Crippen LogP contribution in [0.1, 0.15) is 44.5 Å². The first-order chi connectivity index (χ1) is 17.6. The number of H-pyrrole nitrogens is 1. The molecule has 5 rings (SSSR count). The van der Waals surface area contributed by atoms with Crippen LogP contribution in [0.2, 0.25) is 0 Å². The molecule has 1 aliphatic heterocycles. The standard InChI is InChI=1S/C27H26N4O6/c1-14-7-3-5-9-16(14)20(32)21(33)23-27(36,22(34)17-10-6-4-8-15(17)2)13-19(37-23)31-12-11-18-24(28)29-26(35)30-25(18)31/h3-12,19,21,23,33,36H,13H2,1-2H3,(H3,28,29,30,35)/t19-,21?,23-,27-/m1/s1. The minimum atomic E-state index is -2.27. The molecule has 0 amide bonds. The van der Waals surface area contributed by atoms with Gasteiger partial charge in [0.25, 0.3) is 0 Å². The van der Waals surface area contributed by atoms with Gasteiger partial charge in [-0.1, -0.05) is 48.5 Å². The molecule has 190 valence electrons. The van der Waals surface area contributed by atoms with Crippen molar-refractivity contribution in [3.63, 3.8) is 0 Å². The van der Waals surface area contributed by atoms with Crippen molar-refractivity contribution in [2.75, 3.05) is 5.73 Å². The van der Waals surface area contributed by atoms with Gasteiger partial charge in [-0.2, -0.15) is 4.98 Å². The maximum absolute atomic E-state index is 13.8. The van der Waals surface area contributed by atoms with E-state index in [9.17, 15) is 24.6 Å². The lowest BCUT2D eigenvalue weighted by Crippen LogP contribution is -2.54. The van der Waals surface area contributed by atoms with Gasteiger partial charge in [0.1, 0.15) is 24.3 Å². The van der Waals surface area contributed by atoms with Crippen LogP contribution >= 0.6 is 0 Å². The number of nitrogen functional groups attached to an aromatic ring is 1. The van der Waals surface area contributed by atoms with Gasteiger partial charge in [-0.3, -0.25) is 14.6 Å². The van der Waals surface area contributed by atoms with Crippen LogP contribution in [-0.2, 0) is 4.74 Å². The number of carbonyl (C=O) groups excluding carboxylic acids is 2. The van der Waals surface area contributed by atoms with Crippen LogP contribution in [0.3, 0.4) is 0 Å². The Morgan fingerprint density at radius 1 is 1.11 bits per heavy atom. The highest BCUT2D eigenvalue weighted by Crippen LogP contribution is 2.42. The number of nitrogens with two attached hydrogens (primary N) is 1. The molecule has 0 bridgehead atoms. The number of carbonyl (C=O) groups is 2. The monoisotopic (exact) mass is 502 g/mol. The first-order valence-electron chi connectivity index (χ1n) is 11.7. The quantitative estimate of drug-likeness (QED) is 0.292. The van der Waals surface area contributed by atoms with E-state index in [1.54, 1.807) is 74.6 Å². The summed E-state index contributed by atoms with van der Waals surface area (Å²) in [5.41, 5.74) is 4.89. The van der Waals surface area contributed by atoms with Gasteiger partial charge in [-0.05, 0) is 31.0 Å². The molecule has 4 aromatic rings. The van der Waals surface area contributed by atoms with Gasteiger partial charge in [-0.15, -0.1) is 0 Å². The molecule has 0 aliphatic carbocycles. The van der Waals surface area contributed by atoms with E-state index in [0.29, 0.717) is 16.5 Å². The number of aliphatic hydroxyl groups excluding tert-OH is 1. The second kappa shape index (κ2) is 9.07. The van der Waals surface area contributed by atoms with Gasteiger partial charge in [0, 0.05) is 23.7 Å². The summed E-state index contributed by atoms with van der Waals surface area (Å²) in [5, 5.41) is 23.5. The summed E-state index contributed by atoms with van der Waals surface area (Å²) in [5.74, 6) is -1.27. The van der Waals surface area contributed by atoms with Crippen LogP contribution in [0, 0.1) is 13.8 Å². The summed E-state index contributed by atoms with van der Waals surface area (Å²) >= 11 is 0. The second-order valence-electron chi connectivity index (χ2n) is 9.32. The van der Waals surface area contributed by atoms with E-state index in [1.165, 1.54) is 4.57 Å². The second-order valence-corrected chi connectivity index (χ2v) is 9.32. The smallest absolute Gasteiger partial charge is 0.348 e. The lowest BCUT2D eigenvalue weighted by Gasteiger charge is -2.30. The highest BCUT2D eigenvalue weighted by atomic mass is 16.6. The number of Topliss-reactive ketones (excluding diaryl/α,β-unsaturated/α-hetero) is 2. The van der Waals surface area contributed by atoms with Gasteiger partial charge in [0.15, 0.2) is 22.8 Å². The maximum atomic E-state index is 13.8. The van der Waals surface area contributed by atoms with Crippen molar-refractivity contribution in [1.29, 1.82) is 0 Å². The number of nitrogens with zero attached hydrogens (tertiary/aromatic N) is 2. The van der Waals surface area contributed by atoms with Crippen LogP contribution in [0.25, 0.3) is 11.0 Å². The lowest BCUT2D eigenvalue weighted by molar-refractivity contribution is -0.0902. The molecular weight excluding hydrogens is 476 g/mol. The zero-order valence-corrected chi connectivity index (χ0v) is 20.2. The molecule has 4 atom stereocenters. The third kappa shape index (κ3) is 4.05. The molecule has 0 saturated carbocycles. The fourth-order valence-corrected chi connectivity index (χ4v) is 4.95. The van der Waals surface area contributed by atoms with Crippen molar-refractivity contribution in [1.82, 2.24) is 14.5 Å². The molecule has 2 aromatic heterocycles. The van der Waals surface area contributed by atoms with E-state index in [1.807, 2.05) is 0 Å². The van der Waals surface area contributed by atoms with Crippen LogP contribution in [-0.4, -0.2) is 54.1 Å². The Morgan fingerprint density at radius 3 is 2.38 bits per heavy atom. The molecule has 3 heterocycles. The first-order valence-corrected chi connectivity index (χ1v) is 11.7. The average molecular weight is 503 g/mol. The van der Waals surface area contributed by atoms with Crippen LogP contribution < -0.4 is 11.4 Å². The number of fused-ring (bicyclic) bond motifs is 1. The van der Waals surface area contributed by atoms with E-state index < -0.39 is 41.3 Å². The Balaban J connectivity index is 1.60. The predicted octanol–water partition coefficient (Wildman–Crippen LogP) is 2.07. The number of aryl methyl sites for hydroxylation is 2. The number of ketones is 2. The molecular formula is C27H26N4O6. The fraction of sp³-hybridized carbons (Fsp3) is 0.259. The van der Waals surface area contributed by atoms with Crippen LogP contribution in [0.5, 0.6) is 0 Å². The molecule has 10 heteroatoms. The Bertz CT molecular complexity index is 1590. The molecule has 1 fully saturated rings. The van der Waals surface area contributed by atoms with E-state index in [0.717, 1.165) is 0 Å². The summed E-state index contributed by atoms with van der Waals surface area (Å²) in [4.78, 5) is 45.5. The molecule has 2 aromatic carbocycles. The predicted molar refractivity (Wildman–Crippen MR) is 135 cm³/mol. The number of ether oxygens (including phenoxy) is 1. The fourth-order valence-electron chi connectivity index (χ4n) is 4.95. The Hall–Kier alpha value is -4.12. The third-order valence-corrected chi connectivity index (χ3v) is 6.95. The average Bonchev–Trinajstić information content (AvgIpc) is 3.45. The number of aromatic nitrogens is 3. The van der Waals surface area contributed by atoms with Crippen molar-refractivity contribution in [2.24, 2.45) is 0 Å². The summed E-state index contributed by atoms with van der Waals surface area (Å²) in [6, 6.07) is 15.1. The Labute approximate surface area is 211 Å². The third-order valence-electron chi connectivity index (χ3n) is 6.95. The molecule has 1 aliphatic rings. The maximum Gasteiger partial charge on any atom is 0.348 e. The Kier molecular flexibility index (Phi) is 6.03. The number of aliphatic hydroxyl groups is 2. The highest BCUT2D eigenvalue weighted by molar-refractivity contribution is 6.06. The van der Waals surface area contributed by atoms with E-state index >= 15 is 0 Å². The zero-order chi connectivity index (χ0) is 26.5. The van der Waals surface area contributed by atoms with Crippen molar-refractivity contribution < 1.29 is 24.5 Å². The van der Waals surface area contributed by atoms with E-state index in [-0.39, 0.29) is 29.0 Å². The van der Waals surface area contributed by atoms with Gasteiger partial charge < -0.3 is 25.3 Å². The largest absolute Gasteiger partial charge is 0.385 e. The van der Waals surface area contributed by atoms with Crippen LogP contribution in [0.4, 0.5) is 5.82 Å². The lowest BCUT2D eigenvalue weighted by atomic mass is 9.81. The molecule has 37 heavy (non-hydrogen) atoms. The summed E-state index contributed by atoms with van der Waals surface area (Å²) in [6.07, 6.45) is -3.24. The number of nitrogens with one attached hydrogen (secondary N) is 1. The van der Waals surface area contributed by atoms with Gasteiger partial charge in [0.05, 0.1) is 5.39 Å². The SMILES string of the molecule is Cc1ccccc1C(=O)C(O)[C@H]1O[C@@H](n2ccc3c(N)[nH]c(=O)nc32)C[C@@]1(O)C(=O)c1ccccc1C. The van der Waals surface area contributed by atoms with Crippen molar-refractivity contribution in [3.8, 4) is 0 Å². The normalized spacial score (nSPS) is 22.3.